The number of likely N-dealkylation sites (N-methyl/N-ethyl adjacent to an activating group) is 1. The van der Waals surface area contributed by atoms with Crippen LogP contribution in [-0.2, 0) is 4.74 Å². The number of unbranched alkanes of at least 4 members (excludes halogenated alkanes) is 3. The third kappa shape index (κ3) is 13.8. The summed E-state index contributed by atoms with van der Waals surface area (Å²) in [4.78, 5) is 2.12. The van der Waals surface area contributed by atoms with E-state index in [0.29, 0.717) is 6.61 Å². The first-order valence-corrected chi connectivity index (χ1v) is 6.31. The third-order valence-corrected chi connectivity index (χ3v) is 2.37. The first kappa shape index (κ1) is 15.8. The van der Waals surface area contributed by atoms with E-state index in [1.807, 2.05) is 14.1 Å². The molecule has 4 heteroatoms. The highest BCUT2D eigenvalue weighted by atomic mass is 16.5. The molecule has 0 rings (SSSR count). The third-order valence-electron chi connectivity index (χ3n) is 2.37. The van der Waals surface area contributed by atoms with Crippen molar-refractivity contribution in [3.05, 3.63) is 0 Å². The van der Waals surface area contributed by atoms with Crippen LogP contribution in [0.25, 0.3) is 0 Å². The van der Waals surface area contributed by atoms with Crippen LogP contribution < -0.4 is 5.32 Å². The predicted octanol–water partition coefficient (Wildman–Crippen LogP) is 0.707. The Morgan fingerprint density at radius 2 is 1.75 bits per heavy atom. The summed E-state index contributed by atoms with van der Waals surface area (Å²) in [6.45, 7) is 4.92. The summed E-state index contributed by atoms with van der Waals surface area (Å²) in [6.07, 6.45) is 4.47. The molecule has 0 aromatic rings. The summed E-state index contributed by atoms with van der Waals surface area (Å²) in [7, 11) is 4.10. The van der Waals surface area contributed by atoms with Crippen LogP contribution >= 0.6 is 0 Å². The topological polar surface area (TPSA) is 44.7 Å². The van der Waals surface area contributed by atoms with E-state index in [4.69, 9.17) is 9.84 Å². The van der Waals surface area contributed by atoms with Gasteiger partial charge in [-0.1, -0.05) is 12.8 Å². The average molecular weight is 232 g/mol. The summed E-state index contributed by atoms with van der Waals surface area (Å²) in [5, 5.41) is 11.9. The van der Waals surface area contributed by atoms with E-state index in [9.17, 15) is 0 Å². The summed E-state index contributed by atoms with van der Waals surface area (Å²) in [5.74, 6) is 0. The fourth-order valence-corrected chi connectivity index (χ4v) is 1.33. The van der Waals surface area contributed by atoms with E-state index in [-0.39, 0.29) is 0 Å². The molecule has 0 fully saturated rings. The van der Waals surface area contributed by atoms with Gasteiger partial charge in [0.25, 0.3) is 0 Å². The molecule has 98 valence electrons. The van der Waals surface area contributed by atoms with E-state index in [1.165, 1.54) is 12.8 Å². The van der Waals surface area contributed by atoms with E-state index < -0.39 is 0 Å². The van der Waals surface area contributed by atoms with Crippen LogP contribution in [-0.4, -0.2) is 63.6 Å². The molecule has 0 bridgehead atoms. The number of rotatable bonds is 12. The Hall–Kier alpha value is -0.160. The van der Waals surface area contributed by atoms with Crippen molar-refractivity contribution in [3.8, 4) is 0 Å². The van der Waals surface area contributed by atoms with Crippen LogP contribution in [0, 0.1) is 0 Å². The van der Waals surface area contributed by atoms with Gasteiger partial charge >= 0.3 is 0 Å². The van der Waals surface area contributed by atoms with Crippen molar-refractivity contribution in [2.45, 2.75) is 25.7 Å². The molecular weight excluding hydrogens is 204 g/mol. The van der Waals surface area contributed by atoms with Gasteiger partial charge in [-0.3, -0.25) is 0 Å². The Morgan fingerprint density at radius 3 is 2.44 bits per heavy atom. The van der Waals surface area contributed by atoms with Crippen LogP contribution in [0.5, 0.6) is 0 Å². The Balaban J connectivity index is 2.88. The maximum Gasteiger partial charge on any atom is 0.0593 e. The largest absolute Gasteiger partial charge is 0.396 e. The number of hydrogen-bond acceptors (Lipinski definition) is 4. The Bertz CT molecular complexity index is 132. The smallest absolute Gasteiger partial charge is 0.0593 e. The van der Waals surface area contributed by atoms with E-state index in [2.05, 4.69) is 10.2 Å². The van der Waals surface area contributed by atoms with E-state index in [0.717, 1.165) is 45.7 Å². The van der Waals surface area contributed by atoms with Gasteiger partial charge in [0.2, 0.25) is 0 Å². The molecular formula is C12H28N2O2. The molecule has 2 N–H and O–H groups in total. The highest BCUT2D eigenvalue weighted by molar-refractivity contribution is 4.49. The molecule has 16 heavy (non-hydrogen) atoms. The Labute approximate surface area is 100.0 Å². The number of nitrogens with zero attached hydrogens (tertiary/aromatic N) is 1. The lowest BCUT2D eigenvalue weighted by Crippen LogP contribution is -2.23. The molecule has 0 atom stereocenters. The molecule has 0 radical (unpaired) electrons. The minimum absolute atomic E-state index is 0.327. The van der Waals surface area contributed by atoms with E-state index in [1.54, 1.807) is 0 Å². The standard InChI is InChI=1S/C12H28N2O2/c1-14(2)9-12-16-11-8-13-7-5-3-4-6-10-15/h13,15H,3-12H2,1-2H3. The van der Waals surface area contributed by atoms with Gasteiger partial charge in [-0.2, -0.15) is 0 Å². The van der Waals surface area contributed by atoms with Gasteiger partial charge in [-0.05, 0) is 33.5 Å². The lowest BCUT2D eigenvalue weighted by Gasteiger charge is -2.10. The monoisotopic (exact) mass is 232 g/mol. The fourth-order valence-electron chi connectivity index (χ4n) is 1.33. The average Bonchev–Trinajstić information content (AvgIpc) is 2.25. The number of ether oxygens (including phenoxy) is 1. The number of aliphatic hydroxyl groups is 1. The highest BCUT2D eigenvalue weighted by Crippen LogP contribution is 1.97. The molecule has 0 aliphatic rings. The quantitative estimate of drug-likeness (QED) is 0.486. The van der Waals surface area contributed by atoms with Crippen molar-refractivity contribution >= 4 is 0 Å². The van der Waals surface area contributed by atoms with Crippen LogP contribution in [0.2, 0.25) is 0 Å². The normalized spacial score (nSPS) is 11.2. The second kappa shape index (κ2) is 12.9. The maximum atomic E-state index is 8.59. The zero-order chi connectivity index (χ0) is 12.1. The summed E-state index contributed by atoms with van der Waals surface area (Å²) in [6, 6.07) is 0. The summed E-state index contributed by atoms with van der Waals surface area (Å²) < 4.78 is 5.45. The molecule has 0 heterocycles. The van der Waals surface area contributed by atoms with Crippen molar-refractivity contribution in [3.63, 3.8) is 0 Å². The molecule has 0 saturated heterocycles. The maximum absolute atomic E-state index is 8.59. The SMILES string of the molecule is CN(C)CCOCCNCCCCCCO. The van der Waals surface area contributed by atoms with Gasteiger partial charge in [0.1, 0.15) is 0 Å². The van der Waals surface area contributed by atoms with Gasteiger partial charge in [0.15, 0.2) is 0 Å². The minimum Gasteiger partial charge on any atom is -0.396 e. The molecule has 0 unspecified atom stereocenters. The van der Waals surface area contributed by atoms with Crippen molar-refractivity contribution < 1.29 is 9.84 Å². The number of aliphatic hydroxyl groups excluding tert-OH is 1. The van der Waals surface area contributed by atoms with Crippen LogP contribution in [0.1, 0.15) is 25.7 Å². The fraction of sp³-hybridized carbons (Fsp3) is 1.00. The first-order valence-electron chi connectivity index (χ1n) is 6.31. The predicted molar refractivity (Wildman–Crippen MR) is 67.8 cm³/mol. The molecule has 0 aliphatic carbocycles. The Morgan fingerprint density at radius 1 is 1.00 bits per heavy atom. The van der Waals surface area contributed by atoms with Gasteiger partial charge in [-0.15, -0.1) is 0 Å². The highest BCUT2D eigenvalue weighted by Gasteiger charge is 1.92. The Kier molecular flexibility index (Phi) is 12.8. The van der Waals surface area contributed by atoms with Crippen molar-refractivity contribution in [1.82, 2.24) is 10.2 Å². The van der Waals surface area contributed by atoms with Crippen molar-refractivity contribution in [2.75, 3.05) is 53.6 Å². The molecule has 0 aromatic heterocycles. The number of nitrogens with one attached hydrogen (secondary N) is 1. The second-order valence-electron chi connectivity index (χ2n) is 4.30. The molecule has 4 nitrogen and oxygen atoms in total. The lowest BCUT2D eigenvalue weighted by atomic mass is 10.2. The molecule has 0 amide bonds. The first-order chi connectivity index (χ1) is 7.77. The molecule has 0 aliphatic heterocycles. The zero-order valence-corrected chi connectivity index (χ0v) is 10.9. The molecule has 0 aromatic carbocycles. The summed E-state index contributed by atoms with van der Waals surface area (Å²) >= 11 is 0. The molecule has 0 spiro atoms. The van der Waals surface area contributed by atoms with Crippen LogP contribution in [0.3, 0.4) is 0 Å². The van der Waals surface area contributed by atoms with Gasteiger partial charge in [0, 0.05) is 19.7 Å². The van der Waals surface area contributed by atoms with Crippen molar-refractivity contribution in [1.29, 1.82) is 0 Å². The second-order valence-corrected chi connectivity index (χ2v) is 4.30. The van der Waals surface area contributed by atoms with Crippen LogP contribution in [0.4, 0.5) is 0 Å². The van der Waals surface area contributed by atoms with E-state index >= 15 is 0 Å². The lowest BCUT2D eigenvalue weighted by molar-refractivity contribution is 0.119. The zero-order valence-electron chi connectivity index (χ0n) is 10.9. The minimum atomic E-state index is 0.327. The van der Waals surface area contributed by atoms with Crippen molar-refractivity contribution in [2.24, 2.45) is 0 Å². The van der Waals surface area contributed by atoms with Gasteiger partial charge < -0.3 is 20.1 Å². The van der Waals surface area contributed by atoms with Gasteiger partial charge in [0.05, 0.1) is 13.2 Å². The van der Waals surface area contributed by atoms with Gasteiger partial charge in [-0.25, -0.2) is 0 Å². The summed E-state index contributed by atoms with van der Waals surface area (Å²) in [5.41, 5.74) is 0. The number of hydrogen-bond donors (Lipinski definition) is 2. The molecule has 0 saturated carbocycles. The van der Waals surface area contributed by atoms with Crippen LogP contribution in [0.15, 0.2) is 0 Å².